The molecule has 190 valence electrons. The van der Waals surface area contributed by atoms with Gasteiger partial charge in [-0.1, -0.05) is 59.6 Å². The van der Waals surface area contributed by atoms with Gasteiger partial charge in [0.05, 0.1) is 10.7 Å². The lowest BCUT2D eigenvalue weighted by Gasteiger charge is -2.25. The maximum Gasteiger partial charge on any atom is 0.263 e. The van der Waals surface area contributed by atoms with Gasteiger partial charge in [0.2, 0.25) is 5.52 Å². The van der Waals surface area contributed by atoms with Crippen LogP contribution < -0.4 is 9.47 Å². The first-order chi connectivity index (χ1) is 17.6. The third-order valence-electron chi connectivity index (χ3n) is 7.03. The molecule has 0 aliphatic carbocycles. The molecule has 3 nitrogen and oxygen atoms in total. The van der Waals surface area contributed by atoms with Crippen molar-refractivity contribution in [2.75, 3.05) is 31.1 Å². The highest BCUT2D eigenvalue weighted by Gasteiger charge is 2.25. The number of fused-ring (bicyclic) bond motifs is 2. The third kappa shape index (κ3) is 5.81. The van der Waals surface area contributed by atoms with Crippen LogP contribution in [0.4, 0.5) is 5.69 Å². The predicted octanol–water partition coefficient (Wildman–Crippen LogP) is 8.64. The second kappa shape index (κ2) is 11.9. The van der Waals surface area contributed by atoms with Crippen LogP contribution in [-0.4, -0.2) is 31.1 Å². The fourth-order valence-corrected chi connectivity index (χ4v) is 7.78. The van der Waals surface area contributed by atoms with Crippen LogP contribution in [0, 0.1) is 0 Å². The molecule has 2 aromatic carbocycles. The van der Waals surface area contributed by atoms with Crippen LogP contribution in [0.3, 0.4) is 0 Å². The van der Waals surface area contributed by atoms with E-state index in [9.17, 15) is 0 Å². The zero-order chi connectivity index (χ0) is 25.1. The van der Waals surface area contributed by atoms with E-state index in [2.05, 4.69) is 64.6 Å². The number of piperidine rings is 1. The fraction of sp³-hybridized carbons (Fsp3) is 0.414. The lowest BCUT2D eigenvalue weighted by molar-refractivity contribution is -0.669. The average molecular weight is 560 g/mol. The van der Waals surface area contributed by atoms with Crippen LogP contribution in [-0.2, 0) is 6.54 Å². The summed E-state index contributed by atoms with van der Waals surface area (Å²) in [6, 6.07) is 12.5. The van der Waals surface area contributed by atoms with Crippen molar-refractivity contribution in [3.05, 3.63) is 68.1 Å². The molecule has 2 aliphatic heterocycles. The van der Waals surface area contributed by atoms with Crippen LogP contribution in [0.25, 0.3) is 16.3 Å². The summed E-state index contributed by atoms with van der Waals surface area (Å²) >= 11 is 16.4. The molecule has 1 saturated heterocycles. The van der Waals surface area contributed by atoms with Crippen molar-refractivity contribution >= 4 is 68.3 Å². The zero-order valence-electron chi connectivity index (χ0n) is 21.1. The molecule has 0 unspecified atom stereocenters. The minimum Gasteiger partial charge on any atom is -0.335 e. The van der Waals surface area contributed by atoms with E-state index in [4.69, 9.17) is 23.2 Å². The number of thiazole rings is 1. The molecular formula is C29H34Cl2N3S2+. The third-order valence-corrected chi connectivity index (χ3v) is 9.73. The Bertz CT molecular complexity index is 1290. The summed E-state index contributed by atoms with van der Waals surface area (Å²) in [5, 5.41) is 4.15. The first-order valence-electron chi connectivity index (χ1n) is 13.1. The molecule has 1 aromatic heterocycles. The Morgan fingerprint density at radius 2 is 1.81 bits per heavy atom. The number of halogens is 2. The Hall–Kier alpha value is -1.50. The summed E-state index contributed by atoms with van der Waals surface area (Å²) < 4.78 is 3.77. The summed E-state index contributed by atoms with van der Waals surface area (Å²) in [7, 11) is 0. The number of likely N-dealkylation sites (tertiary alicyclic amines) is 1. The molecule has 3 heterocycles. The highest BCUT2D eigenvalue weighted by molar-refractivity contribution is 8.03. The number of thioether (sulfide) groups is 1. The second-order valence-electron chi connectivity index (χ2n) is 9.47. The number of allylic oxidation sites excluding steroid dienone is 2. The minimum absolute atomic E-state index is 0.787. The summed E-state index contributed by atoms with van der Waals surface area (Å²) in [6.07, 6.45) is 10.9. The Morgan fingerprint density at radius 3 is 2.58 bits per heavy atom. The van der Waals surface area contributed by atoms with Gasteiger partial charge in [-0.3, -0.25) is 0 Å². The zero-order valence-corrected chi connectivity index (χ0v) is 24.2. The Morgan fingerprint density at radius 1 is 1.03 bits per heavy atom. The minimum atomic E-state index is 0.787. The van der Waals surface area contributed by atoms with E-state index in [-0.39, 0.29) is 0 Å². The van der Waals surface area contributed by atoms with Crippen molar-refractivity contribution in [3.63, 3.8) is 0 Å². The van der Waals surface area contributed by atoms with Crippen molar-refractivity contribution in [1.29, 1.82) is 0 Å². The van der Waals surface area contributed by atoms with Crippen molar-refractivity contribution in [2.45, 2.75) is 57.4 Å². The van der Waals surface area contributed by atoms with Gasteiger partial charge in [0, 0.05) is 46.6 Å². The van der Waals surface area contributed by atoms with Gasteiger partial charge in [0.1, 0.15) is 4.70 Å². The molecule has 0 atom stereocenters. The molecular weight excluding hydrogens is 525 g/mol. The summed E-state index contributed by atoms with van der Waals surface area (Å²) in [5.41, 5.74) is 3.78. The molecule has 0 bridgehead atoms. The SMILES string of the molecule is CCC(=Cc1sc2ccc(Cl)cc2[n+]1CCCN1CCCCC1)C=C1Sc2ccc(Cl)cc2N1CC. The fourth-order valence-electron chi connectivity index (χ4n) is 5.12. The topological polar surface area (TPSA) is 10.4 Å². The molecule has 0 amide bonds. The lowest BCUT2D eigenvalue weighted by atomic mass is 10.1. The van der Waals surface area contributed by atoms with E-state index in [1.54, 1.807) is 0 Å². The predicted molar refractivity (Wildman–Crippen MR) is 159 cm³/mol. The Labute approximate surface area is 233 Å². The number of anilines is 1. The maximum absolute atomic E-state index is 6.43. The largest absolute Gasteiger partial charge is 0.335 e. The van der Waals surface area contributed by atoms with Crippen LogP contribution in [0.2, 0.25) is 10.0 Å². The number of aromatic nitrogens is 1. The smallest absolute Gasteiger partial charge is 0.263 e. The number of benzene rings is 2. The average Bonchev–Trinajstić information content (AvgIpc) is 3.40. The van der Waals surface area contributed by atoms with Gasteiger partial charge in [0.15, 0.2) is 6.54 Å². The van der Waals surface area contributed by atoms with Gasteiger partial charge in [0.25, 0.3) is 5.01 Å². The second-order valence-corrected chi connectivity index (χ2v) is 12.5. The van der Waals surface area contributed by atoms with Gasteiger partial charge in [-0.2, -0.15) is 4.57 Å². The quantitative estimate of drug-likeness (QED) is 0.256. The van der Waals surface area contributed by atoms with Gasteiger partial charge < -0.3 is 9.80 Å². The van der Waals surface area contributed by atoms with Gasteiger partial charge in [-0.25, -0.2) is 0 Å². The van der Waals surface area contributed by atoms with E-state index in [1.165, 1.54) is 75.3 Å². The lowest BCUT2D eigenvalue weighted by Crippen LogP contribution is -2.38. The van der Waals surface area contributed by atoms with E-state index in [1.807, 2.05) is 35.2 Å². The standard InChI is InChI=1S/C29H34Cl2N3S2/c1-3-21(17-28-33(4-2)24-19-22(30)9-11-26(24)35-28)18-29-34(16-8-15-32-13-6-5-7-14-32)25-20-23(31)10-12-27(25)36-29/h9-12,17-20H,3-8,13-16H2,1-2H3/q+1. The molecule has 0 saturated carbocycles. The summed E-state index contributed by atoms with van der Waals surface area (Å²) in [4.78, 5) is 6.27. The molecule has 2 aliphatic rings. The number of hydrogen-bond acceptors (Lipinski definition) is 4. The molecule has 5 rings (SSSR count). The molecule has 1 fully saturated rings. The normalized spacial score (nSPS) is 17.9. The van der Waals surface area contributed by atoms with Crippen LogP contribution in [0.5, 0.6) is 0 Å². The first-order valence-corrected chi connectivity index (χ1v) is 15.5. The van der Waals surface area contributed by atoms with E-state index in [0.29, 0.717) is 0 Å². The Kier molecular flexibility index (Phi) is 8.64. The van der Waals surface area contributed by atoms with Gasteiger partial charge in [-0.15, -0.1) is 0 Å². The van der Waals surface area contributed by atoms with Crippen LogP contribution in [0.1, 0.15) is 51.0 Å². The molecule has 36 heavy (non-hydrogen) atoms. The molecule has 0 N–H and O–H groups in total. The molecule has 0 radical (unpaired) electrons. The van der Waals surface area contributed by atoms with E-state index in [0.717, 1.165) is 36.0 Å². The van der Waals surface area contributed by atoms with Crippen LogP contribution >= 0.6 is 46.3 Å². The molecule has 3 aromatic rings. The van der Waals surface area contributed by atoms with E-state index < -0.39 is 0 Å². The highest BCUT2D eigenvalue weighted by atomic mass is 35.5. The van der Waals surface area contributed by atoms with Crippen molar-refractivity contribution in [2.24, 2.45) is 0 Å². The van der Waals surface area contributed by atoms with Crippen molar-refractivity contribution < 1.29 is 4.57 Å². The van der Waals surface area contributed by atoms with Crippen LogP contribution in [0.15, 0.2) is 58.0 Å². The van der Waals surface area contributed by atoms with E-state index >= 15 is 0 Å². The molecule has 0 spiro atoms. The summed E-state index contributed by atoms with van der Waals surface area (Å²) in [5.74, 6) is 0. The number of aryl methyl sites for hydroxylation is 1. The Balaban J connectivity index is 1.44. The number of nitrogens with zero attached hydrogens (tertiary/aromatic N) is 3. The number of hydrogen-bond donors (Lipinski definition) is 0. The van der Waals surface area contributed by atoms with Gasteiger partial charge in [-0.05, 0) is 81.3 Å². The maximum atomic E-state index is 6.43. The molecule has 7 heteroatoms. The van der Waals surface area contributed by atoms with Crippen molar-refractivity contribution in [3.8, 4) is 0 Å². The summed E-state index contributed by atoms with van der Waals surface area (Å²) in [6.45, 7) is 10.0. The monoisotopic (exact) mass is 558 g/mol. The first kappa shape index (κ1) is 26.1. The number of rotatable bonds is 8. The highest BCUT2D eigenvalue weighted by Crippen LogP contribution is 2.47. The van der Waals surface area contributed by atoms with Crippen molar-refractivity contribution in [1.82, 2.24) is 4.90 Å². The van der Waals surface area contributed by atoms with Gasteiger partial charge >= 0.3 is 0 Å².